The van der Waals surface area contributed by atoms with Gasteiger partial charge in [-0.25, -0.2) is 9.97 Å². The highest BCUT2D eigenvalue weighted by Crippen LogP contribution is 2.35. The fourth-order valence-electron chi connectivity index (χ4n) is 5.19. The number of imidazole rings is 1. The molecule has 4 heterocycles. The van der Waals surface area contributed by atoms with E-state index in [2.05, 4.69) is 75.4 Å². The van der Waals surface area contributed by atoms with Crippen LogP contribution in [0.2, 0.25) is 0 Å². The Balaban J connectivity index is 1.38. The van der Waals surface area contributed by atoms with E-state index >= 15 is 0 Å². The molecule has 0 spiro atoms. The second-order valence-electron chi connectivity index (χ2n) is 9.53. The zero-order chi connectivity index (χ0) is 25.5. The average molecular weight is 493 g/mol. The van der Waals surface area contributed by atoms with E-state index in [0.29, 0.717) is 18.8 Å². The van der Waals surface area contributed by atoms with Gasteiger partial charge in [0.2, 0.25) is 11.7 Å². The van der Waals surface area contributed by atoms with Gasteiger partial charge in [0.25, 0.3) is 0 Å². The lowest BCUT2D eigenvalue weighted by Gasteiger charge is -2.18. The quantitative estimate of drug-likeness (QED) is 0.370. The van der Waals surface area contributed by atoms with Crippen molar-refractivity contribution in [2.24, 2.45) is 0 Å². The van der Waals surface area contributed by atoms with Gasteiger partial charge in [-0.1, -0.05) is 31.2 Å². The van der Waals surface area contributed by atoms with Gasteiger partial charge >= 0.3 is 0 Å². The van der Waals surface area contributed by atoms with Gasteiger partial charge in [0, 0.05) is 36.3 Å². The molecule has 0 unspecified atom stereocenters. The molecule has 9 heteroatoms. The molecule has 1 aliphatic rings. The highest BCUT2D eigenvalue weighted by Gasteiger charge is 2.23. The van der Waals surface area contributed by atoms with E-state index in [0.717, 1.165) is 75.6 Å². The van der Waals surface area contributed by atoms with Crippen LogP contribution in [-0.2, 0) is 17.8 Å². The standard InChI is InChI=1S/C28H28N8O/c1-4-24-30-26-17(2)14-18(3)29-28(26)36(24)16-19-7-9-20(10-8-19)23-15-21(35-13-5-6-25(35)37)11-12-22(23)27-31-33-34-32-27/h7-12,14-15H,4-6,13,16H2,1-3H3,(H,31,32,33,34). The molecule has 0 aliphatic carbocycles. The van der Waals surface area contributed by atoms with E-state index in [-0.39, 0.29) is 5.91 Å². The number of pyridine rings is 1. The van der Waals surface area contributed by atoms with Crippen LogP contribution >= 0.6 is 0 Å². The summed E-state index contributed by atoms with van der Waals surface area (Å²) in [6.45, 7) is 7.67. The molecule has 1 saturated heterocycles. The predicted molar refractivity (Wildman–Crippen MR) is 142 cm³/mol. The molecule has 6 rings (SSSR count). The first-order chi connectivity index (χ1) is 18.0. The fraction of sp³-hybridized carbons (Fsp3) is 0.286. The van der Waals surface area contributed by atoms with Gasteiger partial charge < -0.3 is 9.47 Å². The maximum Gasteiger partial charge on any atom is 0.227 e. The van der Waals surface area contributed by atoms with E-state index in [4.69, 9.17) is 9.97 Å². The lowest BCUT2D eigenvalue weighted by molar-refractivity contribution is -0.117. The van der Waals surface area contributed by atoms with Crippen LogP contribution in [0.25, 0.3) is 33.7 Å². The van der Waals surface area contributed by atoms with Crippen LogP contribution in [0.5, 0.6) is 0 Å². The lowest BCUT2D eigenvalue weighted by atomic mass is 9.97. The van der Waals surface area contributed by atoms with E-state index in [9.17, 15) is 4.79 Å². The summed E-state index contributed by atoms with van der Waals surface area (Å²) in [4.78, 5) is 23.9. The number of benzene rings is 2. The second-order valence-corrected chi connectivity index (χ2v) is 9.53. The largest absolute Gasteiger partial charge is 0.312 e. The first-order valence-corrected chi connectivity index (χ1v) is 12.6. The van der Waals surface area contributed by atoms with Crippen molar-refractivity contribution < 1.29 is 4.79 Å². The van der Waals surface area contributed by atoms with Crippen LogP contribution in [0.3, 0.4) is 0 Å². The fourth-order valence-corrected chi connectivity index (χ4v) is 5.19. The van der Waals surface area contributed by atoms with Crippen LogP contribution in [0.15, 0.2) is 48.5 Å². The van der Waals surface area contributed by atoms with Crippen molar-refractivity contribution in [2.45, 2.75) is 46.6 Å². The molecule has 37 heavy (non-hydrogen) atoms. The number of aryl methyl sites for hydroxylation is 3. The highest BCUT2D eigenvalue weighted by molar-refractivity contribution is 5.97. The number of rotatable bonds is 6. The molecule has 1 aliphatic heterocycles. The maximum absolute atomic E-state index is 12.4. The summed E-state index contributed by atoms with van der Waals surface area (Å²) >= 11 is 0. The van der Waals surface area contributed by atoms with E-state index in [1.807, 2.05) is 24.0 Å². The van der Waals surface area contributed by atoms with Crippen molar-refractivity contribution >= 4 is 22.8 Å². The number of hydrogen-bond donors (Lipinski definition) is 1. The summed E-state index contributed by atoms with van der Waals surface area (Å²) in [5, 5.41) is 14.7. The predicted octanol–water partition coefficient (Wildman–Crippen LogP) is 4.63. The topological polar surface area (TPSA) is 105 Å². The molecule has 2 aromatic carbocycles. The molecular weight excluding hydrogens is 464 g/mol. The first kappa shape index (κ1) is 23.0. The van der Waals surface area contributed by atoms with Gasteiger partial charge in [0.15, 0.2) is 5.65 Å². The number of nitrogens with one attached hydrogen (secondary N) is 1. The summed E-state index contributed by atoms with van der Waals surface area (Å²) in [7, 11) is 0. The smallest absolute Gasteiger partial charge is 0.227 e. The zero-order valence-electron chi connectivity index (χ0n) is 21.2. The third kappa shape index (κ3) is 4.16. The molecule has 1 fully saturated rings. The number of amides is 1. The number of carbonyl (C=O) groups is 1. The van der Waals surface area contributed by atoms with Crippen molar-refractivity contribution in [3.05, 3.63) is 71.2 Å². The molecule has 5 aromatic rings. The Bertz CT molecular complexity index is 1600. The van der Waals surface area contributed by atoms with Crippen molar-refractivity contribution in [3.8, 4) is 22.5 Å². The number of nitrogens with zero attached hydrogens (tertiary/aromatic N) is 7. The summed E-state index contributed by atoms with van der Waals surface area (Å²) in [6, 6.07) is 16.6. The molecule has 0 bridgehead atoms. The van der Waals surface area contributed by atoms with E-state index in [1.165, 1.54) is 0 Å². The molecule has 186 valence electrons. The Morgan fingerprint density at radius 3 is 2.54 bits per heavy atom. The summed E-state index contributed by atoms with van der Waals surface area (Å²) < 4.78 is 2.22. The maximum atomic E-state index is 12.4. The van der Waals surface area contributed by atoms with Crippen molar-refractivity contribution in [1.82, 2.24) is 35.2 Å². The Morgan fingerprint density at radius 2 is 1.84 bits per heavy atom. The van der Waals surface area contributed by atoms with Crippen LogP contribution in [-0.4, -0.2) is 47.6 Å². The van der Waals surface area contributed by atoms with Crippen LogP contribution < -0.4 is 4.90 Å². The number of hydrogen-bond acceptors (Lipinski definition) is 6. The minimum Gasteiger partial charge on any atom is -0.312 e. The number of carbonyl (C=O) groups excluding carboxylic acids is 1. The normalized spacial score (nSPS) is 13.7. The van der Waals surface area contributed by atoms with Gasteiger partial charge in [-0.15, -0.1) is 10.2 Å². The minimum absolute atomic E-state index is 0.159. The number of H-pyrrole nitrogens is 1. The summed E-state index contributed by atoms with van der Waals surface area (Å²) in [5.41, 5.74) is 8.94. The van der Waals surface area contributed by atoms with Crippen LogP contribution in [0.1, 0.15) is 42.4 Å². The number of tetrazole rings is 1. The first-order valence-electron chi connectivity index (χ1n) is 12.6. The van der Waals surface area contributed by atoms with Gasteiger partial charge in [0.05, 0.1) is 6.54 Å². The zero-order valence-corrected chi connectivity index (χ0v) is 21.2. The molecule has 0 saturated carbocycles. The molecular formula is C28H28N8O. The number of anilines is 1. The molecule has 1 amide bonds. The Hall–Kier alpha value is -4.40. The third-order valence-electron chi connectivity index (χ3n) is 7.00. The molecule has 9 nitrogen and oxygen atoms in total. The Kier molecular flexibility index (Phi) is 5.75. The monoisotopic (exact) mass is 492 g/mol. The van der Waals surface area contributed by atoms with Gasteiger partial charge in [-0.2, -0.15) is 5.21 Å². The molecule has 1 N–H and O–H groups in total. The van der Waals surface area contributed by atoms with Crippen molar-refractivity contribution in [2.75, 3.05) is 11.4 Å². The van der Waals surface area contributed by atoms with Gasteiger partial charge in [0.1, 0.15) is 11.3 Å². The van der Waals surface area contributed by atoms with E-state index in [1.54, 1.807) is 0 Å². The second kappa shape index (κ2) is 9.24. The molecule has 0 atom stereocenters. The number of aromatic amines is 1. The Labute approximate surface area is 214 Å². The average Bonchev–Trinajstić information content (AvgIpc) is 3.65. The summed E-state index contributed by atoms with van der Waals surface area (Å²) in [5.74, 6) is 1.71. The van der Waals surface area contributed by atoms with Gasteiger partial charge in [-0.05, 0) is 72.0 Å². The van der Waals surface area contributed by atoms with Crippen LogP contribution in [0.4, 0.5) is 5.69 Å². The third-order valence-corrected chi connectivity index (χ3v) is 7.00. The van der Waals surface area contributed by atoms with Crippen molar-refractivity contribution in [3.63, 3.8) is 0 Å². The number of aromatic nitrogens is 7. The summed E-state index contributed by atoms with van der Waals surface area (Å²) in [6.07, 6.45) is 2.31. The molecule has 0 radical (unpaired) electrons. The SMILES string of the molecule is CCc1nc2c(C)cc(C)nc2n1Cc1ccc(-c2cc(N3CCCC3=O)ccc2-c2nn[nH]n2)cc1. The molecule has 3 aromatic heterocycles. The minimum atomic E-state index is 0.159. The van der Waals surface area contributed by atoms with Crippen LogP contribution in [0, 0.1) is 13.8 Å². The van der Waals surface area contributed by atoms with E-state index < -0.39 is 0 Å². The number of fused-ring (bicyclic) bond motifs is 1. The lowest BCUT2D eigenvalue weighted by Crippen LogP contribution is -2.23. The Morgan fingerprint density at radius 1 is 1.00 bits per heavy atom. The van der Waals surface area contributed by atoms with Crippen molar-refractivity contribution in [1.29, 1.82) is 0 Å². The highest BCUT2D eigenvalue weighted by atomic mass is 16.2. The van der Waals surface area contributed by atoms with Gasteiger partial charge in [-0.3, -0.25) is 4.79 Å².